The zero-order chi connectivity index (χ0) is 11.1. The first kappa shape index (κ1) is 10.0. The molecule has 84 valence electrons. The van der Waals surface area contributed by atoms with Crippen molar-refractivity contribution < 1.29 is 4.39 Å². The van der Waals surface area contributed by atoms with Crippen LogP contribution < -0.4 is 5.32 Å². The van der Waals surface area contributed by atoms with Crippen molar-refractivity contribution in [3.63, 3.8) is 0 Å². The van der Waals surface area contributed by atoms with Crippen LogP contribution in [0.1, 0.15) is 19.8 Å². The maximum atomic E-state index is 13.0. The van der Waals surface area contributed by atoms with Crippen LogP contribution in [0, 0.1) is 11.7 Å². The van der Waals surface area contributed by atoms with Crippen molar-refractivity contribution in [2.75, 3.05) is 5.32 Å². The van der Waals surface area contributed by atoms with Crippen LogP contribution in [0.25, 0.3) is 10.2 Å². The molecule has 1 aromatic carbocycles. The van der Waals surface area contributed by atoms with Crippen LogP contribution in [-0.2, 0) is 0 Å². The zero-order valence-electron chi connectivity index (χ0n) is 9.03. The van der Waals surface area contributed by atoms with Crippen molar-refractivity contribution in [2.24, 2.45) is 5.92 Å². The van der Waals surface area contributed by atoms with E-state index in [4.69, 9.17) is 0 Å². The smallest absolute Gasteiger partial charge is 0.184 e. The highest BCUT2D eigenvalue weighted by Crippen LogP contribution is 2.32. The van der Waals surface area contributed by atoms with Gasteiger partial charge in [-0.05, 0) is 30.9 Å². The summed E-state index contributed by atoms with van der Waals surface area (Å²) < 4.78 is 14.0. The van der Waals surface area contributed by atoms with E-state index in [0.29, 0.717) is 6.04 Å². The zero-order valence-corrected chi connectivity index (χ0v) is 9.85. The summed E-state index contributed by atoms with van der Waals surface area (Å²) in [7, 11) is 0. The van der Waals surface area contributed by atoms with Gasteiger partial charge in [-0.25, -0.2) is 9.37 Å². The predicted octanol–water partition coefficient (Wildman–Crippen LogP) is 3.65. The quantitative estimate of drug-likeness (QED) is 0.861. The Balaban J connectivity index is 1.82. The van der Waals surface area contributed by atoms with Crippen LogP contribution in [0.4, 0.5) is 9.52 Å². The Labute approximate surface area is 97.5 Å². The Morgan fingerprint density at radius 3 is 3.00 bits per heavy atom. The van der Waals surface area contributed by atoms with E-state index in [2.05, 4.69) is 17.2 Å². The molecule has 1 N–H and O–H groups in total. The summed E-state index contributed by atoms with van der Waals surface area (Å²) in [5.41, 5.74) is 0.750. The van der Waals surface area contributed by atoms with Crippen molar-refractivity contribution in [3.05, 3.63) is 24.0 Å². The van der Waals surface area contributed by atoms with Crippen molar-refractivity contribution in [3.8, 4) is 0 Å². The lowest BCUT2D eigenvalue weighted by molar-refractivity contribution is 0.309. The predicted molar refractivity (Wildman–Crippen MR) is 65.4 cm³/mol. The molecule has 0 atom stereocenters. The highest BCUT2D eigenvalue weighted by atomic mass is 32.1. The molecule has 1 fully saturated rings. The Morgan fingerprint density at radius 2 is 2.25 bits per heavy atom. The lowest BCUT2D eigenvalue weighted by Gasteiger charge is -2.33. The van der Waals surface area contributed by atoms with E-state index in [-0.39, 0.29) is 5.82 Å². The average Bonchev–Trinajstić information content (AvgIpc) is 2.57. The molecule has 0 bridgehead atoms. The molecule has 1 aliphatic rings. The summed E-state index contributed by atoms with van der Waals surface area (Å²) in [4.78, 5) is 4.39. The molecule has 1 aromatic heterocycles. The Bertz CT molecular complexity index is 517. The monoisotopic (exact) mass is 236 g/mol. The first-order chi connectivity index (χ1) is 7.70. The molecule has 1 heterocycles. The second-order valence-corrected chi connectivity index (χ2v) is 5.58. The molecule has 0 radical (unpaired) electrons. The van der Waals surface area contributed by atoms with Crippen LogP contribution >= 0.6 is 11.3 Å². The lowest BCUT2D eigenvalue weighted by Crippen LogP contribution is -2.33. The van der Waals surface area contributed by atoms with Crippen LogP contribution in [0.15, 0.2) is 18.2 Å². The number of aromatic nitrogens is 1. The first-order valence-corrected chi connectivity index (χ1v) is 6.35. The van der Waals surface area contributed by atoms with Gasteiger partial charge in [0, 0.05) is 12.1 Å². The van der Waals surface area contributed by atoms with E-state index in [1.807, 2.05) is 0 Å². The molecule has 4 heteroatoms. The summed E-state index contributed by atoms with van der Waals surface area (Å²) in [5.74, 6) is 0.603. The van der Waals surface area contributed by atoms with E-state index in [1.165, 1.54) is 25.0 Å². The van der Waals surface area contributed by atoms with Crippen molar-refractivity contribution in [1.29, 1.82) is 0 Å². The standard InChI is InChI=1S/C12H13FN2S/c1-7-4-9(5-7)14-12-15-10-6-8(13)2-3-11(10)16-12/h2-3,6-7,9H,4-5H2,1H3,(H,14,15). The van der Waals surface area contributed by atoms with Gasteiger partial charge in [0.2, 0.25) is 0 Å². The van der Waals surface area contributed by atoms with Crippen molar-refractivity contribution in [2.45, 2.75) is 25.8 Å². The molecular formula is C12H13FN2S. The molecule has 0 unspecified atom stereocenters. The number of hydrogen-bond acceptors (Lipinski definition) is 3. The summed E-state index contributed by atoms with van der Waals surface area (Å²) in [6, 6.07) is 5.31. The molecule has 0 spiro atoms. The summed E-state index contributed by atoms with van der Waals surface area (Å²) in [5, 5.41) is 4.32. The fraction of sp³-hybridized carbons (Fsp3) is 0.417. The topological polar surface area (TPSA) is 24.9 Å². The molecular weight excluding hydrogens is 223 g/mol. The summed E-state index contributed by atoms with van der Waals surface area (Å²) >= 11 is 1.60. The number of thiazole rings is 1. The number of fused-ring (bicyclic) bond motifs is 1. The van der Waals surface area contributed by atoms with Crippen LogP contribution in [0.2, 0.25) is 0 Å². The lowest BCUT2D eigenvalue weighted by atomic mass is 9.82. The number of hydrogen-bond donors (Lipinski definition) is 1. The van der Waals surface area contributed by atoms with Crippen molar-refractivity contribution in [1.82, 2.24) is 4.98 Å². The number of rotatable bonds is 2. The molecule has 2 nitrogen and oxygen atoms in total. The SMILES string of the molecule is CC1CC(Nc2nc3cc(F)ccc3s2)C1. The van der Waals surface area contributed by atoms with Crippen LogP contribution in [0.5, 0.6) is 0 Å². The van der Waals surface area contributed by atoms with E-state index >= 15 is 0 Å². The maximum Gasteiger partial charge on any atom is 0.184 e. The van der Waals surface area contributed by atoms with E-state index < -0.39 is 0 Å². The van der Waals surface area contributed by atoms with E-state index in [0.717, 1.165) is 21.3 Å². The summed E-state index contributed by atoms with van der Waals surface area (Å²) in [6.45, 7) is 2.26. The van der Waals surface area contributed by atoms with Gasteiger partial charge < -0.3 is 5.32 Å². The third kappa shape index (κ3) is 1.78. The molecule has 0 amide bonds. The van der Waals surface area contributed by atoms with Gasteiger partial charge in [0.05, 0.1) is 10.2 Å². The van der Waals surface area contributed by atoms with Gasteiger partial charge in [0.1, 0.15) is 5.82 Å². The van der Waals surface area contributed by atoms with Gasteiger partial charge in [-0.15, -0.1) is 0 Å². The molecule has 0 saturated heterocycles. The average molecular weight is 236 g/mol. The number of benzene rings is 1. The van der Waals surface area contributed by atoms with Gasteiger partial charge >= 0.3 is 0 Å². The van der Waals surface area contributed by atoms with Gasteiger partial charge in [-0.2, -0.15) is 0 Å². The first-order valence-electron chi connectivity index (χ1n) is 5.53. The summed E-state index contributed by atoms with van der Waals surface area (Å²) in [6.07, 6.45) is 2.43. The highest BCUT2D eigenvalue weighted by Gasteiger charge is 2.25. The number of nitrogens with zero attached hydrogens (tertiary/aromatic N) is 1. The minimum absolute atomic E-state index is 0.221. The molecule has 2 aromatic rings. The molecule has 0 aliphatic heterocycles. The molecule has 3 rings (SSSR count). The molecule has 16 heavy (non-hydrogen) atoms. The van der Waals surface area contributed by atoms with Gasteiger partial charge in [-0.3, -0.25) is 0 Å². The van der Waals surface area contributed by atoms with Crippen LogP contribution in [-0.4, -0.2) is 11.0 Å². The Kier molecular flexibility index (Phi) is 2.32. The Morgan fingerprint density at radius 1 is 1.44 bits per heavy atom. The van der Waals surface area contributed by atoms with Gasteiger partial charge in [-0.1, -0.05) is 18.3 Å². The fourth-order valence-electron chi connectivity index (χ4n) is 2.16. The minimum atomic E-state index is -0.221. The van der Waals surface area contributed by atoms with E-state index in [9.17, 15) is 4.39 Å². The normalized spacial score (nSPS) is 24.4. The fourth-order valence-corrected chi connectivity index (χ4v) is 3.08. The minimum Gasteiger partial charge on any atom is -0.359 e. The largest absolute Gasteiger partial charge is 0.359 e. The van der Waals surface area contributed by atoms with Gasteiger partial charge in [0.25, 0.3) is 0 Å². The molecule has 1 aliphatic carbocycles. The maximum absolute atomic E-state index is 13.0. The highest BCUT2D eigenvalue weighted by molar-refractivity contribution is 7.22. The van der Waals surface area contributed by atoms with Crippen LogP contribution in [0.3, 0.4) is 0 Å². The number of nitrogens with one attached hydrogen (secondary N) is 1. The van der Waals surface area contributed by atoms with Gasteiger partial charge in [0.15, 0.2) is 5.13 Å². The number of halogens is 1. The third-order valence-electron chi connectivity index (χ3n) is 3.05. The molecule has 1 saturated carbocycles. The Hall–Kier alpha value is -1.16. The second-order valence-electron chi connectivity index (χ2n) is 4.55. The number of anilines is 1. The van der Waals surface area contributed by atoms with E-state index in [1.54, 1.807) is 17.4 Å². The third-order valence-corrected chi connectivity index (χ3v) is 4.02. The second kappa shape index (κ2) is 3.70. The van der Waals surface area contributed by atoms with Crippen molar-refractivity contribution >= 4 is 26.7 Å².